The lowest BCUT2D eigenvalue weighted by atomic mass is 10.0. The number of nitrogens with one attached hydrogen (secondary N) is 1. The second-order valence-electron chi connectivity index (χ2n) is 7.61. The molecule has 1 N–H and O–H groups in total. The number of hydrogen-bond acceptors (Lipinski definition) is 6. The average molecular weight is 370 g/mol. The molecule has 0 radical (unpaired) electrons. The van der Waals surface area contributed by atoms with Crippen LogP contribution in [0, 0.1) is 18.8 Å². The Balaban J connectivity index is 1.20. The zero-order valence-corrected chi connectivity index (χ0v) is 15.6. The Morgan fingerprint density at radius 1 is 1.15 bits per heavy atom. The molecule has 8 heteroatoms. The number of urea groups is 1. The van der Waals surface area contributed by atoms with Crippen molar-refractivity contribution in [1.29, 1.82) is 0 Å². The van der Waals surface area contributed by atoms with E-state index < -0.39 is 0 Å². The monoisotopic (exact) mass is 370 g/mol. The molecule has 136 valence electrons. The molecule has 2 amide bonds. The van der Waals surface area contributed by atoms with Gasteiger partial charge in [-0.2, -0.15) is 0 Å². The number of nitrogens with zero attached hydrogens (tertiary/aromatic N) is 5. The minimum atomic E-state index is -0.0293. The summed E-state index contributed by atoms with van der Waals surface area (Å²) in [4.78, 5) is 31.0. The Kier molecular flexibility index (Phi) is 3.81. The number of amides is 2. The average Bonchev–Trinajstić information content (AvgIpc) is 3.11. The van der Waals surface area contributed by atoms with Gasteiger partial charge in [-0.05, 0) is 19.8 Å². The molecule has 0 aromatic carbocycles. The Labute approximate surface area is 156 Å². The SMILES string of the molecule is Cc1cnc(NC(=O)N2CC3CN(c4cc(C5CC5)ncn4)CC3C2)s1. The van der Waals surface area contributed by atoms with E-state index in [9.17, 15) is 4.79 Å². The number of carbonyl (C=O) groups excluding carboxylic acids is 1. The topological polar surface area (TPSA) is 74.2 Å². The second kappa shape index (κ2) is 6.19. The van der Waals surface area contributed by atoms with Crippen molar-refractivity contribution in [2.75, 3.05) is 36.4 Å². The molecule has 2 aromatic heterocycles. The molecule has 1 aliphatic carbocycles. The Morgan fingerprint density at radius 3 is 2.58 bits per heavy atom. The fraction of sp³-hybridized carbons (Fsp3) is 0.556. The van der Waals surface area contributed by atoms with Crippen LogP contribution in [0.4, 0.5) is 15.7 Å². The van der Waals surface area contributed by atoms with E-state index in [0.29, 0.717) is 22.9 Å². The maximum atomic E-state index is 12.5. The van der Waals surface area contributed by atoms with E-state index >= 15 is 0 Å². The zero-order chi connectivity index (χ0) is 17.7. The highest BCUT2D eigenvalue weighted by atomic mass is 32.1. The third-order valence-electron chi connectivity index (χ3n) is 5.60. The van der Waals surface area contributed by atoms with Crippen molar-refractivity contribution in [3.8, 4) is 0 Å². The normalized spacial score (nSPS) is 24.8. The van der Waals surface area contributed by atoms with Crippen LogP contribution in [0.15, 0.2) is 18.6 Å². The lowest BCUT2D eigenvalue weighted by Gasteiger charge is -2.22. The van der Waals surface area contributed by atoms with E-state index in [1.165, 1.54) is 29.9 Å². The van der Waals surface area contributed by atoms with E-state index in [1.54, 1.807) is 12.5 Å². The van der Waals surface area contributed by atoms with Crippen molar-refractivity contribution in [2.24, 2.45) is 11.8 Å². The fourth-order valence-corrected chi connectivity index (χ4v) is 4.72. The van der Waals surface area contributed by atoms with Gasteiger partial charge in [0, 0.05) is 66.8 Å². The predicted molar refractivity (Wildman–Crippen MR) is 101 cm³/mol. The molecule has 2 aliphatic heterocycles. The van der Waals surface area contributed by atoms with Gasteiger partial charge in [-0.3, -0.25) is 5.32 Å². The van der Waals surface area contributed by atoms with Crippen molar-refractivity contribution in [3.05, 3.63) is 29.2 Å². The molecule has 4 heterocycles. The maximum absolute atomic E-state index is 12.5. The van der Waals surface area contributed by atoms with Crippen LogP contribution in [0.2, 0.25) is 0 Å². The van der Waals surface area contributed by atoms with E-state index in [-0.39, 0.29) is 6.03 Å². The molecule has 2 aromatic rings. The minimum Gasteiger partial charge on any atom is -0.356 e. The quantitative estimate of drug-likeness (QED) is 0.899. The molecule has 0 bridgehead atoms. The summed E-state index contributed by atoms with van der Waals surface area (Å²) in [6.45, 7) is 5.53. The van der Waals surface area contributed by atoms with Crippen LogP contribution in [0.3, 0.4) is 0 Å². The Hall–Kier alpha value is -2.22. The molecular weight excluding hydrogens is 348 g/mol. The smallest absolute Gasteiger partial charge is 0.323 e. The third-order valence-corrected chi connectivity index (χ3v) is 6.43. The molecule has 2 unspecified atom stereocenters. The number of aromatic nitrogens is 3. The summed E-state index contributed by atoms with van der Waals surface area (Å²) in [6.07, 6.45) is 6.00. The minimum absolute atomic E-state index is 0.0293. The largest absolute Gasteiger partial charge is 0.356 e. The summed E-state index contributed by atoms with van der Waals surface area (Å²) in [5.74, 6) is 2.72. The van der Waals surface area contributed by atoms with Gasteiger partial charge in [-0.25, -0.2) is 19.7 Å². The van der Waals surface area contributed by atoms with Gasteiger partial charge in [0.1, 0.15) is 12.1 Å². The highest BCUT2D eigenvalue weighted by molar-refractivity contribution is 7.15. The number of rotatable bonds is 3. The van der Waals surface area contributed by atoms with Crippen LogP contribution >= 0.6 is 11.3 Å². The second-order valence-corrected chi connectivity index (χ2v) is 8.85. The molecule has 1 saturated carbocycles. The summed E-state index contributed by atoms with van der Waals surface area (Å²) < 4.78 is 0. The Bertz CT molecular complexity index is 821. The number of aryl methyl sites for hydroxylation is 1. The predicted octanol–water partition coefficient (Wildman–Crippen LogP) is 2.72. The lowest BCUT2D eigenvalue weighted by Crippen LogP contribution is -2.36. The van der Waals surface area contributed by atoms with Gasteiger partial charge >= 0.3 is 6.03 Å². The van der Waals surface area contributed by atoms with Crippen molar-refractivity contribution >= 4 is 28.3 Å². The van der Waals surface area contributed by atoms with E-state index in [4.69, 9.17) is 0 Å². The van der Waals surface area contributed by atoms with Gasteiger partial charge in [0.05, 0.1) is 0 Å². The summed E-state index contributed by atoms with van der Waals surface area (Å²) in [7, 11) is 0. The summed E-state index contributed by atoms with van der Waals surface area (Å²) in [5.41, 5.74) is 1.19. The molecule has 26 heavy (non-hydrogen) atoms. The van der Waals surface area contributed by atoms with Gasteiger partial charge < -0.3 is 9.80 Å². The molecule has 2 saturated heterocycles. The number of fused-ring (bicyclic) bond motifs is 1. The highest BCUT2D eigenvalue weighted by Gasteiger charge is 2.42. The first-order valence-corrected chi connectivity index (χ1v) is 10.0. The molecule has 5 rings (SSSR count). The summed E-state index contributed by atoms with van der Waals surface area (Å²) in [6, 6.07) is 2.13. The Morgan fingerprint density at radius 2 is 1.92 bits per heavy atom. The van der Waals surface area contributed by atoms with Crippen LogP contribution in [-0.4, -0.2) is 52.1 Å². The fourth-order valence-electron chi connectivity index (χ4n) is 4.07. The van der Waals surface area contributed by atoms with Gasteiger partial charge in [0.15, 0.2) is 5.13 Å². The van der Waals surface area contributed by atoms with E-state index in [1.807, 2.05) is 11.8 Å². The van der Waals surface area contributed by atoms with Gasteiger partial charge in [-0.15, -0.1) is 11.3 Å². The molecule has 7 nitrogen and oxygen atoms in total. The summed E-state index contributed by atoms with van der Waals surface area (Å²) in [5, 5.41) is 3.60. The first kappa shape index (κ1) is 16.0. The highest BCUT2D eigenvalue weighted by Crippen LogP contribution is 2.40. The third kappa shape index (κ3) is 3.02. The molecular formula is C18H22N6OS. The van der Waals surface area contributed by atoms with Crippen molar-refractivity contribution in [2.45, 2.75) is 25.7 Å². The lowest BCUT2D eigenvalue weighted by molar-refractivity contribution is 0.219. The maximum Gasteiger partial charge on any atom is 0.323 e. The number of likely N-dealkylation sites (tertiary alicyclic amines) is 1. The van der Waals surface area contributed by atoms with E-state index in [2.05, 4.69) is 31.2 Å². The van der Waals surface area contributed by atoms with Crippen LogP contribution in [0.25, 0.3) is 0 Å². The van der Waals surface area contributed by atoms with Crippen LogP contribution in [0.5, 0.6) is 0 Å². The van der Waals surface area contributed by atoms with Crippen LogP contribution in [-0.2, 0) is 0 Å². The van der Waals surface area contributed by atoms with Crippen molar-refractivity contribution in [3.63, 3.8) is 0 Å². The van der Waals surface area contributed by atoms with Crippen molar-refractivity contribution in [1.82, 2.24) is 19.9 Å². The molecule has 0 spiro atoms. The van der Waals surface area contributed by atoms with Crippen molar-refractivity contribution < 1.29 is 4.79 Å². The number of anilines is 2. The first-order valence-electron chi connectivity index (χ1n) is 9.21. The van der Waals surface area contributed by atoms with E-state index in [0.717, 1.165) is 36.9 Å². The molecule has 3 aliphatic rings. The van der Waals surface area contributed by atoms with Gasteiger partial charge in [-0.1, -0.05) is 0 Å². The summed E-state index contributed by atoms with van der Waals surface area (Å²) >= 11 is 1.51. The first-order chi connectivity index (χ1) is 12.7. The standard InChI is InChI=1S/C18H22N6OS/c1-11-5-19-17(26-11)22-18(25)24-8-13-6-23(7-14(13)9-24)16-4-15(12-2-3-12)20-10-21-16/h4-5,10,12-14H,2-3,6-9H2,1H3,(H,19,22,25). The molecule has 2 atom stereocenters. The van der Waals surface area contributed by atoms with Crippen LogP contribution < -0.4 is 10.2 Å². The number of carbonyl (C=O) groups is 1. The van der Waals surface area contributed by atoms with Gasteiger partial charge in [0.2, 0.25) is 0 Å². The van der Waals surface area contributed by atoms with Gasteiger partial charge in [0.25, 0.3) is 0 Å². The van der Waals surface area contributed by atoms with Crippen LogP contribution in [0.1, 0.15) is 29.3 Å². The molecule has 3 fully saturated rings. The number of hydrogen-bond donors (Lipinski definition) is 1. The number of thiazole rings is 1. The zero-order valence-electron chi connectivity index (χ0n) is 14.8.